The second-order valence-electron chi connectivity index (χ2n) is 6.30. The van der Waals surface area contributed by atoms with Crippen molar-refractivity contribution in [2.24, 2.45) is 0 Å². The molecule has 0 aliphatic rings. The van der Waals surface area contributed by atoms with Gasteiger partial charge in [0.05, 0.1) is 4.83 Å². The highest BCUT2D eigenvalue weighted by Crippen LogP contribution is 2.48. The Morgan fingerprint density at radius 2 is 2.16 bits per heavy atom. The van der Waals surface area contributed by atoms with E-state index in [1.54, 1.807) is 24.4 Å². The Kier molecular flexibility index (Phi) is 6.80. The van der Waals surface area contributed by atoms with E-state index >= 15 is 0 Å². The van der Waals surface area contributed by atoms with E-state index in [9.17, 15) is 9.32 Å². The predicted molar refractivity (Wildman–Crippen MR) is 103 cm³/mol. The molecule has 0 fully saturated rings. The first-order chi connectivity index (χ1) is 11.7. The Balaban J connectivity index is 2.37. The maximum absolute atomic E-state index is 10.7. The summed E-state index contributed by atoms with van der Waals surface area (Å²) in [4.78, 5) is 3.90. The molecule has 2 unspecified atom stereocenters. The number of pyridine rings is 1. The lowest BCUT2D eigenvalue weighted by atomic mass is 10.2. The van der Waals surface area contributed by atoms with Gasteiger partial charge in [0.15, 0.2) is 17.3 Å². The molecule has 0 saturated carbocycles. The summed E-state index contributed by atoms with van der Waals surface area (Å²) in [5.74, 6) is 0.893. The fraction of sp³-hybridized carbons (Fsp3) is 0.400. The van der Waals surface area contributed by atoms with Crippen LogP contribution in [-0.2, 0) is 11.3 Å². The van der Waals surface area contributed by atoms with Crippen molar-refractivity contribution in [3.8, 4) is 23.0 Å². The summed E-state index contributed by atoms with van der Waals surface area (Å²) in [5, 5.41) is 10.6. The number of hydrogen-bond acceptors (Lipinski definition) is 5. The van der Waals surface area contributed by atoms with Crippen LogP contribution < -0.4 is 9.15 Å². The molecule has 10 heteroatoms. The van der Waals surface area contributed by atoms with Gasteiger partial charge in [-0.05, 0) is 38.2 Å². The molecule has 138 valence electrons. The van der Waals surface area contributed by atoms with Gasteiger partial charge >= 0.3 is 0 Å². The van der Waals surface area contributed by atoms with Crippen molar-refractivity contribution in [1.82, 2.24) is 9.71 Å². The van der Waals surface area contributed by atoms with Gasteiger partial charge in [-0.2, -0.15) is 0 Å². The van der Waals surface area contributed by atoms with Crippen LogP contribution in [0.25, 0.3) is 11.5 Å². The minimum absolute atomic E-state index is 0.0840. The molecule has 2 atom stereocenters. The fourth-order valence-electron chi connectivity index (χ4n) is 2.11. The van der Waals surface area contributed by atoms with Crippen molar-refractivity contribution < 1.29 is 22.7 Å². The summed E-state index contributed by atoms with van der Waals surface area (Å²) in [7, 11) is -2.01. The summed E-state index contributed by atoms with van der Waals surface area (Å²) in [6.45, 7) is 6.29. The van der Waals surface area contributed by atoms with Gasteiger partial charge in [0.1, 0.15) is 5.69 Å². The molecule has 2 aromatic heterocycles. The van der Waals surface area contributed by atoms with E-state index in [2.05, 4.69) is 25.6 Å². The van der Waals surface area contributed by atoms with Crippen molar-refractivity contribution in [3.63, 3.8) is 0 Å². The van der Waals surface area contributed by atoms with Crippen molar-refractivity contribution in [2.45, 2.75) is 30.9 Å². The zero-order valence-corrected chi connectivity index (χ0v) is 17.6. The lowest BCUT2D eigenvalue weighted by Gasteiger charge is -2.20. The third kappa shape index (κ3) is 5.64. The molecular weight excluding hydrogens is 428 g/mol. The number of nitrogens with one attached hydrogen (secondary N) is 1. The molecule has 0 radical (unpaired) electrons. The summed E-state index contributed by atoms with van der Waals surface area (Å²) < 4.78 is 33.8. The zero-order valence-electron chi connectivity index (χ0n) is 14.2. The third-order valence-corrected chi connectivity index (χ3v) is 5.22. The van der Waals surface area contributed by atoms with E-state index in [1.165, 1.54) is 0 Å². The number of rotatable bonds is 8. The van der Waals surface area contributed by atoms with E-state index in [0.717, 1.165) is 0 Å². The number of aromatic nitrogens is 1. The molecule has 0 saturated heterocycles. The van der Waals surface area contributed by atoms with Gasteiger partial charge in [0, 0.05) is 12.7 Å². The molecule has 0 aliphatic carbocycles. The van der Waals surface area contributed by atoms with E-state index in [-0.39, 0.29) is 22.9 Å². The fourth-order valence-corrected chi connectivity index (χ4v) is 3.74. The topological polar surface area (TPSA) is 105 Å². The van der Waals surface area contributed by atoms with Gasteiger partial charge in [-0.15, -0.1) is 0 Å². The minimum atomic E-state index is -2.07. The second kappa shape index (κ2) is 8.45. The highest BCUT2D eigenvalue weighted by molar-refractivity contribution is 9.09. The van der Waals surface area contributed by atoms with E-state index in [0.29, 0.717) is 23.6 Å². The van der Waals surface area contributed by atoms with Gasteiger partial charge in [-0.1, -0.05) is 22.0 Å². The van der Waals surface area contributed by atoms with Crippen LogP contribution in [-0.4, -0.2) is 33.7 Å². The van der Waals surface area contributed by atoms with Crippen LogP contribution in [0.5, 0.6) is 11.5 Å². The van der Waals surface area contributed by atoms with Gasteiger partial charge in [0.2, 0.25) is 25.3 Å². The van der Waals surface area contributed by atoms with Crippen molar-refractivity contribution in [2.75, 3.05) is 6.54 Å². The van der Waals surface area contributed by atoms with Crippen LogP contribution in [0.3, 0.4) is 0 Å². The first-order valence-electron chi connectivity index (χ1n) is 7.63. The Morgan fingerprint density at radius 1 is 1.44 bits per heavy atom. The molecule has 3 N–H and O–H groups in total. The molecule has 0 aliphatic heterocycles. The molecule has 25 heavy (non-hydrogen) atoms. The van der Waals surface area contributed by atoms with Crippen LogP contribution in [0.4, 0.5) is 0 Å². The highest BCUT2D eigenvalue weighted by Gasteiger charge is 2.31. The molecule has 0 spiro atoms. The molecule has 0 amide bonds. The highest BCUT2D eigenvalue weighted by atomic mass is 79.9. The number of aromatic hydroxyl groups is 1. The van der Waals surface area contributed by atoms with E-state index < -0.39 is 19.6 Å². The maximum Gasteiger partial charge on any atom is 0.242 e. The Labute approximate surface area is 158 Å². The average Bonchev–Trinajstić information content (AvgIpc) is 2.83. The quantitative estimate of drug-likeness (QED) is 0.322. The SMILES string of the molecule is C[Si](C)(C)Oc1c(C(Br)CCNS(=O)O)oc(-c2ccccn2)c1O. The molecular formula is C15H21BrN2O5SSi. The van der Waals surface area contributed by atoms with E-state index in [1.807, 2.05) is 19.6 Å². The number of furan rings is 1. The van der Waals surface area contributed by atoms with Crippen LogP contribution >= 0.6 is 15.9 Å². The summed E-state index contributed by atoms with van der Waals surface area (Å²) in [5.41, 5.74) is 0.501. The first kappa shape index (κ1) is 20.1. The Morgan fingerprint density at radius 3 is 2.72 bits per heavy atom. The largest absolute Gasteiger partial charge is 0.539 e. The van der Waals surface area contributed by atoms with Crippen molar-refractivity contribution in [3.05, 3.63) is 30.2 Å². The van der Waals surface area contributed by atoms with Crippen molar-refractivity contribution in [1.29, 1.82) is 0 Å². The van der Waals surface area contributed by atoms with Crippen LogP contribution in [0, 0.1) is 0 Å². The number of hydrogen-bond donors (Lipinski definition) is 3. The molecule has 0 aromatic carbocycles. The van der Waals surface area contributed by atoms with E-state index in [4.69, 9.17) is 13.4 Å². The molecule has 2 heterocycles. The standard InChI is InChI=1S/C15H21BrN2O5SSi/c1-25(2,3)23-15-12(19)14(11-6-4-5-8-17-11)22-13(15)10(16)7-9-18-24(20)21/h4-6,8,10,18-19H,7,9H2,1-3H3,(H,20,21). The number of nitrogens with zero attached hydrogens (tertiary/aromatic N) is 1. The summed E-state index contributed by atoms with van der Waals surface area (Å²) in [6.07, 6.45) is 2.07. The summed E-state index contributed by atoms with van der Waals surface area (Å²) in [6, 6.07) is 5.31. The third-order valence-electron chi connectivity index (χ3n) is 3.08. The van der Waals surface area contributed by atoms with Crippen molar-refractivity contribution >= 4 is 35.5 Å². The van der Waals surface area contributed by atoms with Crippen LogP contribution in [0.2, 0.25) is 19.6 Å². The smallest absolute Gasteiger partial charge is 0.242 e. The normalized spacial score (nSPS) is 14.3. The first-order valence-corrected chi connectivity index (χ1v) is 13.1. The van der Waals surface area contributed by atoms with Gasteiger partial charge in [-0.25, -0.2) is 8.93 Å². The monoisotopic (exact) mass is 448 g/mol. The Hall–Kier alpha value is -1.20. The minimum Gasteiger partial charge on any atom is -0.539 e. The lowest BCUT2D eigenvalue weighted by Crippen LogP contribution is -2.29. The number of alkyl halides is 1. The van der Waals surface area contributed by atoms with Gasteiger partial charge in [0.25, 0.3) is 0 Å². The second-order valence-corrected chi connectivity index (χ2v) is 12.6. The predicted octanol–water partition coefficient (Wildman–Crippen LogP) is 3.81. The maximum atomic E-state index is 10.7. The average molecular weight is 449 g/mol. The van der Waals surface area contributed by atoms with Crippen LogP contribution in [0.1, 0.15) is 17.0 Å². The molecule has 2 aromatic rings. The Bertz CT molecular complexity index is 736. The summed E-state index contributed by atoms with van der Waals surface area (Å²) >= 11 is 1.43. The molecule has 7 nitrogen and oxygen atoms in total. The lowest BCUT2D eigenvalue weighted by molar-refractivity contribution is 0.438. The molecule has 2 rings (SSSR count). The van der Waals surface area contributed by atoms with Gasteiger partial charge < -0.3 is 13.9 Å². The molecule has 0 bridgehead atoms. The van der Waals surface area contributed by atoms with Crippen LogP contribution in [0.15, 0.2) is 28.8 Å². The van der Waals surface area contributed by atoms with Gasteiger partial charge in [-0.3, -0.25) is 9.54 Å². The zero-order chi connectivity index (χ0) is 18.6. The number of halogens is 1.